The van der Waals surface area contributed by atoms with E-state index in [-0.39, 0.29) is 23.1 Å². The maximum atomic E-state index is 14.7. The van der Waals surface area contributed by atoms with Crippen LogP contribution in [0.1, 0.15) is 37.8 Å². The number of carbonyl (C=O) groups is 2. The van der Waals surface area contributed by atoms with Crippen molar-refractivity contribution >= 4 is 11.6 Å². The summed E-state index contributed by atoms with van der Waals surface area (Å²) < 4.78 is 20.1. The highest BCUT2D eigenvalue weighted by atomic mass is 19.1. The summed E-state index contributed by atoms with van der Waals surface area (Å²) >= 11 is 0. The highest BCUT2D eigenvalue weighted by Gasteiger charge is 2.45. The van der Waals surface area contributed by atoms with E-state index < -0.39 is 17.8 Å². The molecule has 1 fully saturated rings. The summed E-state index contributed by atoms with van der Waals surface area (Å²) in [6.07, 6.45) is 0. The second-order valence-electron chi connectivity index (χ2n) is 9.25. The van der Waals surface area contributed by atoms with Crippen molar-refractivity contribution in [2.75, 3.05) is 33.3 Å². The van der Waals surface area contributed by atoms with Gasteiger partial charge in [0, 0.05) is 55.1 Å². The molecule has 0 saturated carbocycles. The van der Waals surface area contributed by atoms with Gasteiger partial charge in [0.15, 0.2) is 11.6 Å². The second kappa shape index (κ2) is 11.0. The van der Waals surface area contributed by atoms with Crippen molar-refractivity contribution < 1.29 is 23.8 Å². The zero-order chi connectivity index (χ0) is 25.8. The van der Waals surface area contributed by atoms with Gasteiger partial charge in [-0.05, 0) is 48.4 Å². The third-order valence-corrected chi connectivity index (χ3v) is 7.05. The molecule has 1 aliphatic heterocycles. The van der Waals surface area contributed by atoms with E-state index in [4.69, 9.17) is 10.5 Å². The van der Waals surface area contributed by atoms with Crippen molar-refractivity contribution in [3.63, 3.8) is 0 Å². The van der Waals surface area contributed by atoms with Gasteiger partial charge in [-0.15, -0.1) is 0 Å². The van der Waals surface area contributed by atoms with Gasteiger partial charge in [0.05, 0.1) is 7.11 Å². The number of ether oxygens (including phenoxy) is 1. The Balaban J connectivity index is 1.86. The number of nitrogens with zero attached hydrogens (tertiary/aromatic N) is 1. The molecule has 1 saturated heterocycles. The molecular formula is C29H31FN2O4. The van der Waals surface area contributed by atoms with Crippen molar-refractivity contribution in [3.05, 3.63) is 94.8 Å². The predicted molar refractivity (Wildman–Crippen MR) is 136 cm³/mol. The third-order valence-electron chi connectivity index (χ3n) is 7.05. The van der Waals surface area contributed by atoms with E-state index >= 15 is 0 Å². The molecule has 3 atom stereocenters. The Bertz CT molecular complexity index is 1260. The Labute approximate surface area is 210 Å². The first kappa shape index (κ1) is 25.5. The van der Waals surface area contributed by atoms with Crippen LogP contribution in [0.15, 0.2) is 66.7 Å². The highest BCUT2D eigenvalue weighted by Crippen LogP contribution is 2.42. The van der Waals surface area contributed by atoms with Crippen molar-refractivity contribution in [1.82, 2.24) is 4.90 Å². The fourth-order valence-corrected chi connectivity index (χ4v) is 5.28. The van der Waals surface area contributed by atoms with Gasteiger partial charge in [-0.2, -0.15) is 0 Å². The number of aromatic hydroxyl groups is 1. The normalized spacial score (nSPS) is 20.2. The highest BCUT2D eigenvalue weighted by molar-refractivity contribution is 6.02. The fourth-order valence-electron chi connectivity index (χ4n) is 5.28. The number of likely N-dealkylation sites (tertiary alicyclic amines) is 1. The lowest BCUT2D eigenvalue weighted by molar-refractivity contribution is 0.0578. The Hall–Kier alpha value is -3.55. The van der Waals surface area contributed by atoms with Gasteiger partial charge in [-0.3, -0.25) is 9.59 Å². The van der Waals surface area contributed by atoms with E-state index in [1.165, 1.54) is 25.3 Å². The number of phenols is 1. The lowest BCUT2D eigenvalue weighted by Crippen LogP contribution is -2.51. The molecular weight excluding hydrogens is 459 g/mol. The van der Waals surface area contributed by atoms with Crippen molar-refractivity contribution in [2.45, 2.75) is 12.8 Å². The zero-order valence-electron chi connectivity index (χ0n) is 20.5. The van der Waals surface area contributed by atoms with E-state index in [0.29, 0.717) is 54.2 Å². The number of hydrogen-bond donors (Lipinski definition) is 2. The average molecular weight is 491 g/mol. The smallest absolute Gasteiger partial charge is 0.167 e. The quantitative estimate of drug-likeness (QED) is 0.460. The summed E-state index contributed by atoms with van der Waals surface area (Å²) in [5.41, 5.74) is 7.74. The Kier molecular flexibility index (Phi) is 7.82. The fraction of sp³-hybridized carbons (Fsp3) is 0.310. The first-order valence-electron chi connectivity index (χ1n) is 12.0. The first-order chi connectivity index (χ1) is 17.3. The van der Waals surface area contributed by atoms with Crippen LogP contribution in [-0.4, -0.2) is 54.9 Å². The number of carbonyl (C=O) groups excluding carboxylic acids is 2. The third kappa shape index (κ3) is 5.17. The minimum Gasteiger partial charge on any atom is -0.508 e. The number of nitrogens with two attached hydrogens (primary N) is 1. The van der Waals surface area contributed by atoms with Crippen LogP contribution in [0.2, 0.25) is 0 Å². The number of phenolic OH excluding ortho intramolecular Hbond substituents is 1. The van der Waals surface area contributed by atoms with E-state index in [2.05, 4.69) is 0 Å². The number of rotatable bonds is 8. The van der Waals surface area contributed by atoms with E-state index in [9.17, 15) is 19.1 Å². The summed E-state index contributed by atoms with van der Waals surface area (Å²) in [6.45, 7) is 3.32. The molecule has 36 heavy (non-hydrogen) atoms. The molecule has 3 N–H and O–H groups in total. The number of piperidine rings is 1. The van der Waals surface area contributed by atoms with E-state index in [1.54, 1.807) is 55.5 Å². The van der Waals surface area contributed by atoms with Gasteiger partial charge in [0.2, 0.25) is 0 Å². The summed E-state index contributed by atoms with van der Waals surface area (Å²) in [5, 5.41) is 10.0. The second-order valence-corrected chi connectivity index (χ2v) is 9.25. The van der Waals surface area contributed by atoms with Gasteiger partial charge in [-0.25, -0.2) is 4.39 Å². The van der Waals surface area contributed by atoms with Crippen molar-refractivity contribution in [1.29, 1.82) is 0 Å². The first-order valence-corrected chi connectivity index (χ1v) is 12.0. The molecule has 1 heterocycles. The Morgan fingerprint density at radius 1 is 1.00 bits per heavy atom. The molecule has 0 bridgehead atoms. The molecule has 0 amide bonds. The lowest BCUT2D eigenvalue weighted by Gasteiger charge is -2.43. The van der Waals surface area contributed by atoms with Crippen molar-refractivity contribution in [2.24, 2.45) is 17.6 Å². The number of Topliss-reactive ketones (excluding diaryl/α,β-unsaturated/α-hetero) is 2. The molecule has 0 radical (unpaired) electrons. The maximum absolute atomic E-state index is 14.7. The molecule has 4 rings (SSSR count). The Morgan fingerprint density at radius 2 is 1.61 bits per heavy atom. The van der Waals surface area contributed by atoms with Crippen LogP contribution in [0.3, 0.4) is 0 Å². The minimum absolute atomic E-state index is 0.0158. The van der Waals surface area contributed by atoms with Crippen LogP contribution in [0.5, 0.6) is 11.5 Å². The standard InChI is InChI=1S/C29H31FN2O4/c1-18-23(10-5-11-26(18)30)27-24(28(34)19-6-3-8-21(33)14-19)16-32(13-12-31)17-25(27)29(35)20-7-4-9-22(15-20)36-2/h3-11,14-15,24-25,27,33H,12-13,16-17,31H2,1-2H3. The summed E-state index contributed by atoms with van der Waals surface area (Å²) in [4.78, 5) is 29.9. The number of methoxy groups -OCH3 is 1. The lowest BCUT2D eigenvalue weighted by atomic mass is 9.68. The number of halogens is 1. The van der Waals surface area contributed by atoms with Crippen LogP contribution in [0, 0.1) is 24.6 Å². The summed E-state index contributed by atoms with van der Waals surface area (Å²) in [7, 11) is 1.54. The van der Waals surface area contributed by atoms with Crippen LogP contribution in [0.4, 0.5) is 4.39 Å². The number of ketones is 2. The van der Waals surface area contributed by atoms with Crippen molar-refractivity contribution in [3.8, 4) is 11.5 Å². The number of hydrogen-bond acceptors (Lipinski definition) is 6. The Morgan fingerprint density at radius 3 is 2.22 bits per heavy atom. The SMILES string of the molecule is COc1cccc(C(=O)C2CN(CCN)CC(C(=O)c3cccc(O)c3)C2c2cccc(F)c2C)c1. The molecule has 3 aromatic carbocycles. The molecule has 0 aliphatic carbocycles. The summed E-state index contributed by atoms with van der Waals surface area (Å²) in [6, 6.07) is 17.9. The largest absolute Gasteiger partial charge is 0.508 e. The van der Waals surface area contributed by atoms with Gasteiger partial charge in [0.1, 0.15) is 17.3 Å². The maximum Gasteiger partial charge on any atom is 0.167 e. The molecule has 3 unspecified atom stereocenters. The molecule has 7 heteroatoms. The molecule has 1 aliphatic rings. The van der Waals surface area contributed by atoms with Crippen LogP contribution < -0.4 is 10.5 Å². The molecule has 188 valence electrons. The molecule has 0 spiro atoms. The number of benzene rings is 3. The van der Waals surface area contributed by atoms with Gasteiger partial charge in [-0.1, -0.05) is 36.4 Å². The van der Waals surface area contributed by atoms with Crippen LogP contribution in [-0.2, 0) is 0 Å². The zero-order valence-corrected chi connectivity index (χ0v) is 20.5. The monoisotopic (exact) mass is 490 g/mol. The summed E-state index contributed by atoms with van der Waals surface area (Å²) in [5.74, 6) is -2.02. The van der Waals surface area contributed by atoms with Gasteiger partial charge in [0.25, 0.3) is 0 Å². The topological polar surface area (TPSA) is 92.9 Å². The molecule has 6 nitrogen and oxygen atoms in total. The van der Waals surface area contributed by atoms with Crippen LogP contribution in [0.25, 0.3) is 0 Å². The van der Waals surface area contributed by atoms with Crippen LogP contribution >= 0.6 is 0 Å². The molecule has 0 aromatic heterocycles. The average Bonchev–Trinajstić information content (AvgIpc) is 2.89. The van der Waals surface area contributed by atoms with E-state index in [0.717, 1.165) is 0 Å². The predicted octanol–water partition coefficient (Wildman–Crippen LogP) is 4.20. The van der Waals surface area contributed by atoms with Gasteiger partial charge >= 0.3 is 0 Å². The van der Waals surface area contributed by atoms with Gasteiger partial charge < -0.3 is 20.5 Å². The molecule has 3 aromatic rings. The minimum atomic E-state index is -0.646. The van der Waals surface area contributed by atoms with E-state index in [1.807, 2.05) is 4.90 Å².